The number of rotatable bonds is 4. The van der Waals surface area contributed by atoms with Crippen LogP contribution in [0, 0.1) is 0 Å². The minimum Gasteiger partial charge on any atom is -0.284 e. The number of benzene rings is 4. The molecule has 4 aromatic rings. The van der Waals surface area contributed by atoms with E-state index in [9.17, 15) is 9.59 Å². The molecule has 0 atom stereocenters. The van der Waals surface area contributed by atoms with Gasteiger partial charge >= 0.3 is 0 Å². The van der Waals surface area contributed by atoms with Crippen LogP contribution < -0.4 is 0 Å². The van der Waals surface area contributed by atoms with Crippen molar-refractivity contribution in [3.63, 3.8) is 0 Å². The van der Waals surface area contributed by atoms with Gasteiger partial charge in [0.05, 0.1) is 0 Å². The molecule has 0 unspecified atom stereocenters. The third-order valence-electron chi connectivity index (χ3n) is 4.45. The van der Waals surface area contributed by atoms with Crippen molar-refractivity contribution >= 4 is 44.2 Å². The molecule has 4 aromatic carbocycles. The minimum absolute atomic E-state index is 0.423. The average molecular weight is 356 g/mol. The minimum atomic E-state index is -0.444. The lowest BCUT2D eigenvalue weighted by Gasteiger charge is -2.11. The number of Topliss-reactive ketones (excluding diaryl/α,β-unsaturated/α-hetero) is 1. The Kier molecular flexibility index (Phi) is 4.55. The highest BCUT2D eigenvalue weighted by Gasteiger charge is 2.18. The van der Waals surface area contributed by atoms with Gasteiger partial charge in [-0.25, -0.2) is 0 Å². The number of hydrogen-bond acceptors (Lipinski definition) is 3. The highest BCUT2D eigenvalue weighted by molar-refractivity contribution is 8.14. The SMILES string of the molecule is O=C(SCc1c2ccccc2cc2ccccc12)C(=O)c1ccccc1. The van der Waals surface area contributed by atoms with E-state index in [0.717, 1.165) is 38.9 Å². The molecule has 0 saturated carbocycles. The number of carbonyl (C=O) groups is 2. The van der Waals surface area contributed by atoms with Crippen molar-refractivity contribution in [1.29, 1.82) is 0 Å². The van der Waals surface area contributed by atoms with E-state index in [0.29, 0.717) is 11.3 Å². The van der Waals surface area contributed by atoms with Crippen LogP contribution in [0.4, 0.5) is 0 Å². The summed E-state index contributed by atoms with van der Waals surface area (Å²) in [6, 6.07) is 27.2. The molecule has 126 valence electrons. The maximum absolute atomic E-state index is 12.4. The molecule has 0 radical (unpaired) electrons. The van der Waals surface area contributed by atoms with Crippen LogP contribution in [0.15, 0.2) is 84.9 Å². The molecule has 2 nitrogen and oxygen atoms in total. The summed E-state index contributed by atoms with van der Waals surface area (Å²) in [6.45, 7) is 0. The molecule has 0 spiro atoms. The van der Waals surface area contributed by atoms with Gasteiger partial charge in [0.25, 0.3) is 5.12 Å². The van der Waals surface area contributed by atoms with Crippen molar-refractivity contribution in [2.75, 3.05) is 0 Å². The van der Waals surface area contributed by atoms with Gasteiger partial charge in [-0.1, -0.05) is 90.6 Å². The molecule has 0 N–H and O–H groups in total. The zero-order valence-electron chi connectivity index (χ0n) is 14.0. The number of ketones is 1. The lowest BCUT2D eigenvalue weighted by atomic mass is 9.98. The molecule has 0 heterocycles. The van der Waals surface area contributed by atoms with Gasteiger partial charge in [0, 0.05) is 11.3 Å². The lowest BCUT2D eigenvalue weighted by Crippen LogP contribution is -2.10. The molecule has 4 rings (SSSR count). The normalized spacial score (nSPS) is 10.9. The highest BCUT2D eigenvalue weighted by atomic mass is 32.2. The second kappa shape index (κ2) is 7.14. The molecule has 0 amide bonds. The first-order chi connectivity index (χ1) is 12.7. The van der Waals surface area contributed by atoms with Crippen LogP contribution in [0.3, 0.4) is 0 Å². The van der Waals surface area contributed by atoms with Crippen LogP contribution in [-0.2, 0) is 10.5 Å². The van der Waals surface area contributed by atoms with Gasteiger partial charge in [-0.2, -0.15) is 0 Å². The first-order valence-corrected chi connectivity index (χ1v) is 9.38. The molecule has 0 aliphatic rings. The zero-order chi connectivity index (χ0) is 17.9. The van der Waals surface area contributed by atoms with Crippen molar-refractivity contribution in [2.45, 2.75) is 5.75 Å². The van der Waals surface area contributed by atoms with E-state index < -0.39 is 10.9 Å². The Hall–Kier alpha value is -2.91. The lowest BCUT2D eigenvalue weighted by molar-refractivity contribution is -0.107. The molecule has 0 saturated heterocycles. The summed E-state index contributed by atoms with van der Waals surface area (Å²) in [7, 11) is 0. The number of carbonyl (C=O) groups excluding carboxylic acids is 2. The second-order valence-corrected chi connectivity index (χ2v) is 7.02. The Morgan fingerprint density at radius 3 is 1.85 bits per heavy atom. The molecule has 0 bridgehead atoms. The second-order valence-electron chi connectivity index (χ2n) is 6.07. The van der Waals surface area contributed by atoms with Gasteiger partial charge in [0.1, 0.15) is 0 Å². The predicted octanol–water partition coefficient (Wildman–Crippen LogP) is 5.64. The molecular formula is C23H16O2S. The van der Waals surface area contributed by atoms with Crippen LogP contribution in [0.1, 0.15) is 15.9 Å². The molecule has 0 aliphatic carbocycles. The van der Waals surface area contributed by atoms with Crippen molar-refractivity contribution in [3.05, 3.63) is 96.1 Å². The van der Waals surface area contributed by atoms with Crippen LogP contribution in [0.5, 0.6) is 0 Å². The smallest absolute Gasteiger partial charge is 0.260 e. The van der Waals surface area contributed by atoms with E-state index in [2.05, 4.69) is 30.3 Å². The first-order valence-electron chi connectivity index (χ1n) is 8.40. The van der Waals surface area contributed by atoms with Crippen LogP contribution in [-0.4, -0.2) is 10.9 Å². The summed E-state index contributed by atoms with van der Waals surface area (Å²) in [4.78, 5) is 24.7. The van der Waals surface area contributed by atoms with E-state index in [1.165, 1.54) is 0 Å². The summed E-state index contributed by atoms with van der Waals surface area (Å²) < 4.78 is 0. The molecule has 0 aliphatic heterocycles. The number of thioether (sulfide) groups is 1. The van der Waals surface area contributed by atoms with Gasteiger partial charge in [0.2, 0.25) is 5.78 Å². The fraction of sp³-hybridized carbons (Fsp3) is 0.0435. The van der Waals surface area contributed by atoms with Crippen molar-refractivity contribution < 1.29 is 9.59 Å². The number of fused-ring (bicyclic) bond motifs is 2. The molecular weight excluding hydrogens is 340 g/mol. The van der Waals surface area contributed by atoms with Gasteiger partial charge in [-0.3, -0.25) is 9.59 Å². The van der Waals surface area contributed by atoms with Crippen LogP contribution in [0.2, 0.25) is 0 Å². The average Bonchev–Trinajstić information content (AvgIpc) is 2.71. The monoisotopic (exact) mass is 356 g/mol. The maximum atomic E-state index is 12.4. The van der Waals surface area contributed by atoms with Gasteiger partial charge in [0.15, 0.2) is 0 Å². The highest BCUT2D eigenvalue weighted by Crippen LogP contribution is 2.31. The fourth-order valence-electron chi connectivity index (χ4n) is 3.17. The Morgan fingerprint density at radius 2 is 1.23 bits per heavy atom. The molecule has 3 heteroatoms. The fourth-order valence-corrected chi connectivity index (χ4v) is 4.01. The van der Waals surface area contributed by atoms with E-state index >= 15 is 0 Å². The largest absolute Gasteiger partial charge is 0.284 e. The summed E-state index contributed by atoms with van der Waals surface area (Å²) in [5.74, 6) is 0.0272. The van der Waals surface area contributed by atoms with E-state index in [-0.39, 0.29) is 0 Å². The van der Waals surface area contributed by atoms with Gasteiger partial charge < -0.3 is 0 Å². The summed E-state index contributed by atoms with van der Waals surface area (Å²) >= 11 is 1.07. The standard InChI is InChI=1S/C23H16O2S/c24-22(16-8-2-1-3-9-16)23(25)26-15-21-19-12-6-4-10-17(19)14-18-11-5-7-13-20(18)21/h1-14H,15H2. The third-order valence-corrected chi connectivity index (χ3v) is 5.33. The molecule has 0 fully saturated rings. The maximum Gasteiger partial charge on any atom is 0.260 e. The summed E-state index contributed by atoms with van der Waals surface area (Å²) in [5, 5.41) is 4.11. The van der Waals surface area contributed by atoms with Crippen LogP contribution >= 0.6 is 11.8 Å². The Balaban J connectivity index is 1.68. The Labute approximate surface area is 155 Å². The zero-order valence-corrected chi connectivity index (χ0v) is 14.8. The predicted molar refractivity (Wildman–Crippen MR) is 109 cm³/mol. The van der Waals surface area contributed by atoms with Crippen molar-refractivity contribution in [2.24, 2.45) is 0 Å². The van der Waals surface area contributed by atoms with Gasteiger partial charge in [-0.15, -0.1) is 0 Å². The topological polar surface area (TPSA) is 34.1 Å². The Bertz CT molecular complexity index is 1060. The van der Waals surface area contributed by atoms with Gasteiger partial charge in [-0.05, 0) is 33.2 Å². The summed E-state index contributed by atoms with van der Waals surface area (Å²) in [5.41, 5.74) is 1.53. The van der Waals surface area contributed by atoms with E-state index in [1.54, 1.807) is 24.3 Å². The summed E-state index contributed by atoms with van der Waals surface area (Å²) in [6.07, 6.45) is 0. The van der Waals surface area contributed by atoms with E-state index in [4.69, 9.17) is 0 Å². The van der Waals surface area contributed by atoms with E-state index in [1.807, 2.05) is 30.3 Å². The third kappa shape index (κ3) is 3.14. The first kappa shape index (κ1) is 16.6. The van der Waals surface area contributed by atoms with Crippen molar-refractivity contribution in [3.8, 4) is 0 Å². The Morgan fingerprint density at radius 1 is 0.692 bits per heavy atom. The quantitative estimate of drug-likeness (QED) is 0.270. The number of hydrogen-bond donors (Lipinski definition) is 0. The molecule has 0 aromatic heterocycles. The van der Waals surface area contributed by atoms with Crippen LogP contribution in [0.25, 0.3) is 21.5 Å². The van der Waals surface area contributed by atoms with Crippen molar-refractivity contribution in [1.82, 2.24) is 0 Å². The molecule has 26 heavy (non-hydrogen) atoms.